The minimum Gasteiger partial charge on any atom is -0.370 e. The lowest BCUT2D eigenvalue weighted by Gasteiger charge is -2.33. The molecule has 5 nitrogen and oxygen atoms in total. The lowest BCUT2D eigenvalue weighted by Crippen LogP contribution is -2.33. The van der Waals surface area contributed by atoms with Crippen LogP contribution in [0.25, 0.3) is 0 Å². The van der Waals surface area contributed by atoms with Crippen LogP contribution < -0.4 is 15.1 Å². The van der Waals surface area contributed by atoms with Crippen molar-refractivity contribution in [3.05, 3.63) is 76.3 Å². The standard InChI is InChI=1S/C26H30ClN5S/c1-16-9-12-31(13-10-16)23-8-7-19(15-21(23)27)32-25(20-14-17(2)29-18(20)3)24(30-26(32)33)22-6-4-5-11-28-22/h4-8,11,14-16,24-25,29H,9-10,12-13H2,1-3H3,(H,30,33)/t24-,25-/m1/s1. The molecule has 2 aliphatic rings. The van der Waals surface area contributed by atoms with Crippen LogP contribution >= 0.6 is 23.8 Å². The summed E-state index contributed by atoms with van der Waals surface area (Å²) in [5.74, 6) is 0.782. The molecule has 0 amide bonds. The summed E-state index contributed by atoms with van der Waals surface area (Å²) in [6, 6.07) is 14.5. The molecule has 2 aliphatic heterocycles. The van der Waals surface area contributed by atoms with E-state index in [1.165, 1.54) is 18.4 Å². The second-order valence-corrected chi connectivity index (χ2v) is 10.1. The number of nitrogens with one attached hydrogen (secondary N) is 2. The van der Waals surface area contributed by atoms with Crippen molar-refractivity contribution in [2.75, 3.05) is 22.9 Å². The normalized spacial score (nSPS) is 21.5. The van der Waals surface area contributed by atoms with Gasteiger partial charge in [0.25, 0.3) is 0 Å². The number of anilines is 2. The molecule has 2 N–H and O–H groups in total. The van der Waals surface area contributed by atoms with Crippen molar-refractivity contribution in [3.63, 3.8) is 0 Å². The van der Waals surface area contributed by atoms with Gasteiger partial charge in [-0.1, -0.05) is 24.6 Å². The zero-order chi connectivity index (χ0) is 23.1. The highest BCUT2D eigenvalue weighted by molar-refractivity contribution is 7.80. The molecule has 0 saturated carbocycles. The monoisotopic (exact) mass is 479 g/mol. The Kier molecular flexibility index (Phi) is 6.06. The van der Waals surface area contributed by atoms with Gasteiger partial charge in [-0.3, -0.25) is 4.98 Å². The highest BCUT2D eigenvalue weighted by Gasteiger charge is 2.42. The van der Waals surface area contributed by atoms with Crippen molar-refractivity contribution in [1.82, 2.24) is 15.3 Å². The van der Waals surface area contributed by atoms with Crippen LogP contribution in [0.1, 0.15) is 54.5 Å². The maximum atomic E-state index is 6.86. The van der Waals surface area contributed by atoms with Gasteiger partial charge in [0.2, 0.25) is 0 Å². The summed E-state index contributed by atoms with van der Waals surface area (Å²) in [6.07, 6.45) is 4.25. The second kappa shape index (κ2) is 8.99. The van der Waals surface area contributed by atoms with Gasteiger partial charge in [-0.2, -0.15) is 0 Å². The predicted octanol–water partition coefficient (Wildman–Crippen LogP) is 6.09. The molecule has 2 aromatic heterocycles. The summed E-state index contributed by atoms with van der Waals surface area (Å²) in [7, 11) is 0. The molecule has 5 rings (SSSR count). The van der Waals surface area contributed by atoms with E-state index in [4.69, 9.17) is 23.8 Å². The van der Waals surface area contributed by atoms with E-state index in [2.05, 4.69) is 76.2 Å². The number of piperidine rings is 1. The number of thiocarbonyl (C=S) groups is 1. The molecular formula is C26H30ClN5S. The van der Waals surface area contributed by atoms with E-state index >= 15 is 0 Å². The Hall–Kier alpha value is -2.57. The summed E-state index contributed by atoms with van der Waals surface area (Å²) in [4.78, 5) is 12.7. The van der Waals surface area contributed by atoms with Gasteiger partial charge in [0.15, 0.2) is 5.11 Å². The fourth-order valence-electron chi connectivity index (χ4n) is 5.15. The van der Waals surface area contributed by atoms with Crippen LogP contribution in [0.3, 0.4) is 0 Å². The van der Waals surface area contributed by atoms with Gasteiger partial charge in [0.05, 0.1) is 28.5 Å². The molecule has 2 fully saturated rings. The third-order valence-electron chi connectivity index (χ3n) is 6.94. The van der Waals surface area contributed by atoms with Crippen molar-refractivity contribution in [2.24, 2.45) is 5.92 Å². The van der Waals surface area contributed by atoms with Crippen LogP contribution in [0.4, 0.5) is 11.4 Å². The van der Waals surface area contributed by atoms with E-state index in [-0.39, 0.29) is 12.1 Å². The number of aromatic nitrogens is 2. The lowest BCUT2D eigenvalue weighted by atomic mass is 9.96. The molecule has 7 heteroatoms. The smallest absolute Gasteiger partial charge is 0.174 e. The Bertz CT molecular complexity index is 1150. The first-order chi connectivity index (χ1) is 15.9. The topological polar surface area (TPSA) is 47.2 Å². The van der Waals surface area contributed by atoms with Gasteiger partial charge in [0.1, 0.15) is 0 Å². The number of benzene rings is 1. The summed E-state index contributed by atoms with van der Waals surface area (Å²) in [6.45, 7) is 8.63. The number of H-pyrrole nitrogens is 1. The molecule has 0 radical (unpaired) electrons. The van der Waals surface area contributed by atoms with E-state index in [9.17, 15) is 0 Å². The Labute approximate surface area is 206 Å². The maximum Gasteiger partial charge on any atom is 0.174 e. The molecule has 2 atom stereocenters. The third-order valence-corrected chi connectivity index (χ3v) is 7.56. The Morgan fingerprint density at radius 3 is 2.52 bits per heavy atom. The van der Waals surface area contributed by atoms with Crippen LogP contribution in [0.2, 0.25) is 5.02 Å². The zero-order valence-electron chi connectivity index (χ0n) is 19.3. The van der Waals surface area contributed by atoms with Crippen LogP contribution in [0.5, 0.6) is 0 Å². The number of nitrogens with zero attached hydrogens (tertiary/aromatic N) is 3. The van der Waals surface area contributed by atoms with Crippen molar-refractivity contribution in [3.8, 4) is 0 Å². The van der Waals surface area contributed by atoms with E-state index in [1.54, 1.807) is 0 Å². The van der Waals surface area contributed by atoms with E-state index in [0.29, 0.717) is 5.11 Å². The zero-order valence-corrected chi connectivity index (χ0v) is 20.9. The minimum atomic E-state index is -0.0605. The fourth-order valence-corrected chi connectivity index (χ4v) is 5.79. The number of halogens is 1. The Morgan fingerprint density at radius 1 is 1.09 bits per heavy atom. The molecule has 4 heterocycles. The van der Waals surface area contributed by atoms with Crippen LogP contribution in [-0.2, 0) is 0 Å². The largest absolute Gasteiger partial charge is 0.370 e. The van der Waals surface area contributed by atoms with E-state index in [1.807, 2.05) is 18.3 Å². The van der Waals surface area contributed by atoms with Crippen LogP contribution in [-0.4, -0.2) is 28.2 Å². The molecule has 0 aliphatic carbocycles. The summed E-state index contributed by atoms with van der Waals surface area (Å²) in [5.41, 5.74) is 6.55. The first-order valence-corrected chi connectivity index (χ1v) is 12.4. The number of aromatic amines is 1. The highest BCUT2D eigenvalue weighted by atomic mass is 35.5. The quantitative estimate of drug-likeness (QED) is 0.443. The molecule has 172 valence electrons. The number of rotatable bonds is 4. The molecule has 0 spiro atoms. The first-order valence-electron chi connectivity index (χ1n) is 11.6. The van der Waals surface area contributed by atoms with Gasteiger partial charge in [-0.05, 0) is 86.8 Å². The summed E-state index contributed by atoms with van der Waals surface area (Å²) < 4.78 is 0. The molecule has 2 saturated heterocycles. The van der Waals surface area contributed by atoms with Crippen molar-refractivity contribution >= 4 is 40.3 Å². The molecule has 3 aromatic rings. The Morgan fingerprint density at radius 2 is 1.88 bits per heavy atom. The van der Waals surface area contributed by atoms with Crippen molar-refractivity contribution in [2.45, 2.75) is 45.7 Å². The van der Waals surface area contributed by atoms with E-state index in [0.717, 1.165) is 52.5 Å². The number of hydrogen-bond acceptors (Lipinski definition) is 3. The number of aryl methyl sites for hydroxylation is 2. The predicted molar refractivity (Wildman–Crippen MR) is 140 cm³/mol. The average molecular weight is 480 g/mol. The lowest BCUT2D eigenvalue weighted by molar-refractivity contribution is 0.438. The first kappa shape index (κ1) is 22.2. The summed E-state index contributed by atoms with van der Waals surface area (Å²) >= 11 is 12.7. The SMILES string of the molecule is Cc1cc([C@@H]2[C@@H](c3ccccn3)NC(=S)N2c2ccc(N3CCC(C)CC3)c(Cl)c2)c(C)[nH]1. The van der Waals surface area contributed by atoms with Gasteiger partial charge in [0, 0.05) is 36.4 Å². The highest BCUT2D eigenvalue weighted by Crippen LogP contribution is 2.44. The fraction of sp³-hybridized carbons (Fsp3) is 0.385. The van der Waals surface area contributed by atoms with Crippen molar-refractivity contribution < 1.29 is 0 Å². The van der Waals surface area contributed by atoms with Gasteiger partial charge in [-0.15, -0.1) is 0 Å². The molecule has 0 unspecified atom stereocenters. The van der Waals surface area contributed by atoms with E-state index < -0.39 is 0 Å². The van der Waals surface area contributed by atoms with Crippen LogP contribution in [0, 0.1) is 19.8 Å². The number of pyridine rings is 1. The van der Waals surface area contributed by atoms with Crippen LogP contribution in [0.15, 0.2) is 48.7 Å². The minimum absolute atomic E-state index is 0.0323. The van der Waals surface area contributed by atoms with Gasteiger partial charge in [-0.25, -0.2) is 0 Å². The molecule has 33 heavy (non-hydrogen) atoms. The van der Waals surface area contributed by atoms with Gasteiger partial charge < -0.3 is 20.1 Å². The summed E-state index contributed by atoms with van der Waals surface area (Å²) in [5, 5.41) is 4.99. The van der Waals surface area contributed by atoms with Gasteiger partial charge >= 0.3 is 0 Å². The Balaban J connectivity index is 1.53. The maximum absolute atomic E-state index is 6.86. The molecule has 1 aromatic carbocycles. The van der Waals surface area contributed by atoms with Crippen molar-refractivity contribution in [1.29, 1.82) is 0 Å². The molecular weight excluding hydrogens is 450 g/mol. The molecule has 0 bridgehead atoms. The second-order valence-electron chi connectivity index (χ2n) is 9.33. The average Bonchev–Trinajstić information content (AvgIpc) is 3.32. The third kappa shape index (κ3) is 4.22. The number of hydrogen-bond donors (Lipinski definition) is 2.